The largest absolute Gasteiger partial charge is 0.394 e. The van der Waals surface area contributed by atoms with Crippen molar-refractivity contribution in [1.82, 2.24) is 9.55 Å². The van der Waals surface area contributed by atoms with E-state index in [1.165, 1.54) is 0 Å². The zero-order valence-corrected chi connectivity index (χ0v) is 11.1. The summed E-state index contributed by atoms with van der Waals surface area (Å²) in [5.41, 5.74) is 3.95. The lowest BCUT2D eigenvalue weighted by Gasteiger charge is -2.21. The lowest BCUT2D eigenvalue weighted by atomic mass is 10.1. The monoisotopic (exact) mass is 320 g/mol. The number of aliphatic hydroxyl groups is 2. The lowest BCUT2D eigenvalue weighted by molar-refractivity contribution is -0.141. The Bertz CT molecular complexity index is 623. The first-order chi connectivity index (χ1) is 10.3. The number of nitrogens with zero attached hydrogens (tertiary/aromatic N) is 2. The molecular formula is C11H14F2N4O5. The molecule has 2 heterocycles. The number of hydrogen-bond acceptors (Lipinski definition) is 7. The van der Waals surface area contributed by atoms with Crippen molar-refractivity contribution in [3.05, 3.63) is 22.7 Å². The fourth-order valence-electron chi connectivity index (χ4n) is 1.97. The van der Waals surface area contributed by atoms with Gasteiger partial charge in [0.1, 0.15) is 11.9 Å². The molecule has 1 aliphatic heterocycles. The van der Waals surface area contributed by atoms with Crippen LogP contribution in [0.3, 0.4) is 0 Å². The van der Waals surface area contributed by atoms with Gasteiger partial charge in [0.15, 0.2) is 6.10 Å². The summed E-state index contributed by atoms with van der Waals surface area (Å²) in [5, 5.41) is 20.5. The lowest BCUT2D eigenvalue weighted by Crippen LogP contribution is -2.41. The number of amides is 1. The van der Waals surface area contributed by atoms with E-state index in [0.717, 1.165) is 12.3 Å². The molecule has 1 aromatic rings. The van der Waals surface area contributed by atoms with Crippen molar-refractivity contribution in [2.24, 2.45) is 5.73 Å². The Hall–Kier alpha value is -1.95. The smallest absolute Gasteiger partial charge is 0.351 e. The molecule has 1 aromatic heterocycles. The third kappa shape index (κ3) is 2.83. The van der Waals surface area contributed by atoms with Crippen LogP contribution in [0.4, 0.5) is 14.6 Å². The maximum Gasteiger partial charge on any atom is 0.351 e. The second-order valence-electron chi connectivity index (χ2n) is 4.58. The van der Waals surface area contributed by atoms with Gasteiger partial charge in [0.2, 0.25) is 12.1 Å². The summed E-state index contributed by atoms with van der Waals surface area (Å²) in [6.45, 7) is -1.17. The van der Waals surface area contributed by atoms with Crippen LogP contribution in [0.1, 0.15) is 6.23 Å². The molecule has 1 fully saturated rings. The number of carbonyl (C=O) groups is 1. The number of nitrogens with one attached hydrogen (secondary N) is 1. The Labute approximate surface area is 122 Å². The summed E-state index contributed by atoms with van der Waals surface area (Å²) < 4.78 is 33.1. The van der Waals surface area contributed by atoms with Gasteiger partial charge in [0.25, 0.3) is 0 Å². The van der Waals surface area contributed by atoms with Crippen molar-refractivity contribution in [3.8, 4) is 0 Å². The van der Waals surface area contributed by atoms with Crippen LogP contribution in [0.15, 0.2) is 17.1 Å². The number of rotatable bonds is 4. The van der Waals surface area contributed by atoms with E-state index in [1.807, 2.05) is 0 Å². The van der Waals surface area contributed by atoms with E-state index in [-0.39, 0.29) is 12.4 Å². The first-order valence-corrected chi connectivity index (χ1v) is 6.22. The molecule has 1 saturated heterocycles. The van der Waals surface area contributed by atoms with Crippen molar-refractivity contribution in [2.45, 2.75) is 24.4 Å². The summed E-state index contributed by atoms with van der Waals surface area (Å²) in [5.74, 6) is -4.55. The van der Waals surface area contributed by atoms with E-state index in [4.69, 9.17) is 15.6 Å². The zero-order chi connectivity index (χ0) is 16.5. The van der Waals surface area contributed by atoms with E-state index >= 15 is 0 Å². The maximum atomic E-state index is 13.9. The van der Waals surface area contributed by atoms with Crippen LogP contribution in [0.5, 0.6) is 0 Å². The van der Waals surface area contributed by atoms with Gasteiger partial charge in [-0.15, -0.1) is 0 Å². The maximum absolute atomic E-state index is 13.9. The Kier molecular flexibility index (Phi) is 4.51. The first kappa shape index (κ1) is 16.4. The van der Waals surface area contributed by atoms with E-state index in [9.17, 15) is 23.5 Å². The number of hydrogen-bond donors (Lipinski definition) is 4. The van der Waals surface area contributed by atoms with Crippen LogP contribution < -0.4 is 16.7 Å². The molecule has 2 rings (SSSR count). The molecular weight excluding hydrogens is 306 g/mol. The Morgan fingerprint density at radius 2 is 2.27 bits per heavy atom. The molecule has 3 atom stereocenters. The second kappa shape index (κ2) is 6.04. The molecule has 11 heteroatoms. The van der Waals surface area contributed by atoms with Gasteiger partial charge in [-0.3, -0.25) is 9.36 Å². The van der Waals surface area contributed by atoms with Crippen LogP contribution >= 0.6 is 0 Å². The minimum atomic E-state index is -3.79. The SMILES string of the molecule is NCC(=O)Nc1ccn(C2OC(CO)C(O)C2(F)F)c(=O)n1. The van der Waals surface area contributed by atoms with Crippen LogP contribution in [-0.2, 0) is 9.53 Å². The van der Waals surface area contributed by atoms with E-state index in [2.05, 4.69) is 10.3 Å². The Morgan fingerprint density at radius 1 is 1.59 bits per heavy atom. The molecule has 22 heavy (non-hydrogen) atoms. The predicted molar refractivity (Wildman–Crippen MR) is 68.1 cm³/mol. The van der Waals surface area contributed by atoms with Gasteiger partial charge in [-0.25, -0.2) is 4.79 Å². The molecule has 122 valence electrons. The highest BCUT2D eigenvalue weighted by Crippen LogP contribution is 2.41. The molecule has 1 aliphatic rings. The molecule has 0 aromatic carbocycles. The highest BCUT2D eigenvalue weighted by atomic mass is 19.3. The highest BCUT2D eigenvalue weighted by Gasteiger charge is 2.59. The number of carbonyl (C=O) groups excluding carboxylic acids is 1. The number of alkyl halides is 2. The molecule has 9 nitrogen and oxygen atoms in total. The summed E-state index contributed by atoms with van der Waals surface area (Å²) in [4.78, 5) is 26.3. The number of halogens is 2. The van der Waals surface area contributed by atoms with Gasteiger partial charge >= 0.3 is 11.6 Å². The summed E-state index contributed by atoms with van der Waals surface area (Å²) in [6, 6.07) is 1.10. The van der Waals surface area contributed by atoms with Crippen LogP contribution in [-0.4, -0.2) is 57.0 Å². The van der Waals surface area contributed by atoms with Gasteiger partial charge < -0.3 is 26.0 Å². The summed E-state index contributed by atoms with van der Waals surface area (Å²) >= 11 is 0. The first-order valence-electron chi connectivity index (χ1n) is 6.22. The van der Waals surface area contributed by atoms with Gasteiger partial charge in [-0.05, 0) is 6.07 Å². The third-order valence-corrected chi connectivity index (χ3v) is 3.09. The summed E-state index contributed by atoms with van der Waals surface area (Å²) in [6.07, 6.45) is -4.96. The van der Waals surface area contributed by atoms with Gasteiger partial charge in [-0.2, -0.15) is 13.8 Å². The third-order valence-electron chi connectivity index (χ3n) is 3.09. The standard InChI is InChI=1S/C11H14F2N4O5/c12-11(13)8(20)5(4-18)22-9(11)17-2-1-6(16-10(17)21)15-7(19)3-14/h1-2,5,8-9,18,20H,3-4,14H2,(H,15,16,19,21). The molecule has 3 unspecified atom stereocenters. The fraction of sp³-hybridized carbons (Fsp3) is 0.545. The van der Waals surface area contributed by atoms with Gasteiger partial charge in [-0.1, -0.05) is 0 Å². The topological polar surface area (TPSA) is 140 Å². The average Bonchev–Trinajstić information content (AvgIpc) is 2.70. The van der Waals surface area contributed by atoms with Crippen molar-refractivity contribution < 1.29 is 28.5 Å². The Morgan fingerprint density at radius 3 is 2.77 bits per heavy atom. The molecule has 0 spiro atoms. The van der Waals surface area contributed by atoms with E-state index < -0.39 is 42.6 Å². The second-order valence-corrected chi connectivity index (χ2v) is 4.58. The average molecular weight is 320 g/mol. The van der Waals surface area contributed by atoms with Crippen molar-refractivity contribution in [1.29, 1.82) is 0 Å². The molecule has 0 aliphatic carbocycles. The van der Waals surface area contributed by atoms with Crippen molar-refractivity contribution >= 4 is 11.7 Å². The van der Waals surface area contributed by atoms with Crippen LogP contribution in [0, 0.1) is 0 Å². The number of aromatic nitrogens is 2. The quantitative estimate of drug-likeness (QED) is 0.504. The molecule has 1 amide bonds. The van der Waals surface area contributed by atoms with Gasteiger partial charge in [0.05, 0.1) is 13.2 Å². The molecule has 0 radical (unpaired) electrons. The predicted octanol–water partition coefficient (Wildman–Crippen LogP) is -1.97. The number of anilines is 1. The number of ether oxygens (including phenoxy) is 1. The molecule has 0 bridgehead atoms. The van der Waals surface area contributed by atoms with E-state index in [0.29, 0.717) is 4.57 Å². The van der Waals surface area contributed by atoms with Crippen LogP contribution in [0.25, 0.3) is 0 Å². The zero-order valence-electron chi connectivity index (χ0n) is 11.1. The Balaban J connectivity index is 2.30. The highest BCUT2D eigenvalue weighted by molar-refractivity contribution is 5.91. The fourth-order valence-corrected chi connectivity index (χ4v) is 1.97. The molecule has 0 saturated carbocycles. The minimum Gasteiger partial charge on any atom is -0.394 e. The molecule has 5 N–H and O–H groups in total. The van der Waals surface area contributed by atoms with Gasteiger partial charge in [0, 0.05) is 6.20 Å². The normalized spacial score (nSPS) is 26.9. The van der Waals surface area contributed by atoms with Crippen molar-refractivity contribution in [3.63, 3.8) is 0 Å². The van der Waals surface area contributed by atoms with Crippen LogP contribution in [0.2, 0.25) is 0 Å². The number of nitrogens with two attached hydrogens (primary N) is 1. The minimum absolute atomic E-state index is 0.155. The van der Waals surface area contributed by atoms with E-state index in [1.54, 1.807) is 0 Å². The van der Waals surface area contributed by atoms with Crippen molar-refractivity contribution in [2.75, 3.05) is 18.5 Å². The summed E-state index contributed by atoms with van der Waals surface area (Å²) in [7, 11) is 0. The number of aliphatic hydroxyl groups excluding tert-OH is 2.